The number of benzene rings is 1. The number of nitrogens with one attached hydrogen (secondary N) is 2. The van der Waals surface area contributed by atoms with Gasteiger partial charge in [-0.25, -0.2) is 4.79 Å². The molecule has 0 saturated heterocycles. The van der Waals surface area contributed by atoms with Crippen LogP contribution in [-0.4, -0.2) is 23.6 Å². The van der Waals surface area contributed by atoms with Gasteiger partial charge in [0.25, 0.3) is 0 Å². The fourth-order valence-electron chi connectivity index (χ4n) is 2.22. The molecule has 29 heavy (non-hydrogen) atoms. The predicted octanol–water partition coefficient (Wildman–Crippen LogP) is 5.21. The number of ether oxygens (including phenoxy) is 1. The van der Waals surface area contributed by atoms with E-state index in [4.69, 9.17) is 4.74 Å². The highest BCUT2D eigenvalue weighted by molar-refractivity contribution is 5.97. The highest BCUT2D eigenvalue weighted by atomic mass is 19.4. The third-order valence-corrected chi connectivity index (χ3v) is 3.48. The van der Waals surface area contributed by atoms with Crippen molar-refractivity contribution >= 4 is 17.7 Å². The van der Waals surface area contributed by atoms with Crippen molar-refractivity contribution in [2.45, 2.75) is 58.6 Å². The van der Waals surface area contributed by atoms with Crippen LogP contribution in [0.15, 0.2) is 18.2 Å². The van der Waals surface area contributed by atoms with Gasteiger partial charge in [-0.15, -0.1) is 0 Å². The minimum atomic E-state index is -5.05. The van der Waals surface area contributed by atoms with Gasteiger partial charge in [0.1, 0.15) is 11.6 Å². The normalized spacial score (nSPS) is 13.8. The minimum Gasteiger partial charge on any atom is -0.444 e. The molecule has 2 amide bonds. The van der Waals surface area contributed by atoms with E-state index in [1.54, 1.807) is 20.8 Å². The molecular formula is C18H22F6N2O3. The molecule has 1 aromatic carbocycles. The molecule has 0 aliphatic rings. The van der Waals surface area contributed by atoms with Gasteiger partial charge in [-0.3, -0.25) is 4.79 Å². The summed E-state index contributed by atoms with van der Waals surface area (Å²) >= 11 is 0. The van der Waals surface area contributed by atoms with Crippen LogP contribution < -0.4 is 10.6 Å². The largest absolute Gasteiger partial charge is 0.444 e. The Hall–Kier alpha value is -2.46. The summed E-state index contributed by atoms with van der Waals surface area (Å²) < 4.78 is 82.6. The van der Waals surface area contributed by atoms with Crippen molar-refractivity contribution in [3.63, 3.8) is 0 Å². The summed E-state index contributed by atoms with van der Waals surface area (Å²) in [6, 6.07) is -0.529. The minimum absolute atomic E-state index is 0.0471. The van der Waals surface area contributed by atoms with Crippen molar-refractivity contribution in [2.75, 3.05) is 5.32 Å². The molecule has 2 N–H and O–H groups in total. The molecule has 0 radical (unpaired) electrons. The predicted molar refractivity (Wildman–Crippen MR) is 93.1 cm³/mol. The molecule has 0 unspecified atom stereocenters. The molecule has 0 bridgehead atoms. The van der Waals surface area contributed by atoms with E-state index in [9.17, 15) is 35.9 Å². The lowest BCUT2D eigenvalue weighted by Gasteiger charge is -2.25. The second-order valence-electron chi connectivity index (χ2n) is 7.65. The average Bonchev–Trinajstić information content (AvgIpc) is 2.48. The Bertz CT molecular complexity index is 719. The Kier molecular flexibility index (Phi) is 7.20. The summed E-state index contributed by atoms with van der Waals surface area (Å²) in [5, 5.41) is 4.27. The van der Waals surface area contributed by atoms with Crippen LogP contribution in [-0.2, 0) is 21.9 Å². The Morgan fingerprint density at radius 1 is 0.897 bits per heavy atom. The van der Waals surface area contributed by atoms with E-state index in [2.05, 4.69) is 5.32 Å². The van der Waals surface area contributed by atoms with Gasteiger partial charge in [0, 0.05) is 5.69 Å². The summed E-state index contributed by atoms with van der Waals surface area (Å²) in [6.07, 6.45) is -11.0. The zero-order chi connectivity index (χ0) is 22.8. The van der Waals surface area contributed by atoms with E-state index in [0.29, 0.717) is 12.1 Å². The lowest BCUT2D eigenvalue weighted by atomic mass is 10.0. The van der Waals surface area contributed by atoms with E-state index in [0.717, 1.165) is 0 Å². The Labute approximate surface area is 163 Å². The number of rotatable bonds is 4. The highest BCUT2D eigenvalue weighted by Gasteiger charge is 2.37. The Morgan fingerprint density at radius 3 is 1.69 bits per heavy atom. The smallest absolute Gasteiger partial charge is 0.416 e. The van der Waals surface area contributed by atoms with Gasteiger partial charge in [-0.1, -0.05) is 13.8 Å². The van der Waals surface area contributed by atoms with Crippen LogP contribution in [0.25, 0.3) is 0 Å². The topological polar surface area (TPSA) is 67.4 Å². The first-order chi connectivity index (χ1) is 12.9. The maximum atomic E-state index is 12.9. The molecule has 0 saturated carbocycles. The maximum absolute atomic E-state index is 12.9. The number of hydrogen-bond donors (Lipinski definition) is 2. The lowest BCUT2D eigenvalue weighted by Crippen LogP contribution is -2.48. The monoisotopic (exact) mass is 428 g/mol. The van der Waals surface area contributed by atoms with E-state index in [1.807, 2.05) is 5.32 Å². The summed E-state index contributed by atoms with van der Waals surface area (Å²) in [6.45, 7) is 7.82. The van der Waals surface area contributed by atoms with E-state index in [1.165, 1.54) is 13.8 Å². The van der Waals surface area contributed by atoms with Crippen LogP contribution in [0.1, 0.15) is 45.7 Å². The SMILES string of the molecule is CC(C)[C@H](NC(=O)OC(C)(C)C)C(=O)Nc1cc(C(F)(F)F)cc(C(F)(F)F)c1. The summed E-state index contributed by atoms with van der Waals surface area (Å²) in [4.78, 5) is 24.3. The van der Waals surface area contributed by atoms with Crippen LogP contribution >= 0.6 is 0 Å². The first-order valence-corrected chi connectivity index (χ1v) is 8.50. The highest BCUT2D eigenvalue weighted by Crippen LogP contribution is 2.37. The first-order valence-electron chi connectivity index (χ1n) is 8.50. The lowest BCUT2D eigenvalue weighted by molar-refractivity contribution is -0.143. The van der Waals surface area contributed by atoms with Gasteiger partial charge >= 0.3 is 18.4 Å². The molecule has 0 fully saturated rings. The fourth-order valence-corrected chi connectivity index (χ4v) is 2.22. The number of alkyl carbamates (subject to hydrolysis) is 1. The molecule has 164 valence electrons. The second-order valence-corrected chi connectivity index (χ2v) is 7.65. The van der Waals surface area contributed by atoms with Crippen LogP contribution in [0.2, 0.25) is 0 Å². The standard InChI is InChI=1S/C18H22F6N2O3/c1-9(2)13(26-15(28)29-16(3,4)5)14(27)25-12-7-10(17(19,20)21)6-11(8-12)18(22,23)24/h6-9,13H,1-5H3,(H,25,27)(H,26,28)/t13-/m0/s1. The molecular weight excluding hydrogens is 406 g/mol. The zero-order valence-corrected chi connectivity index (χ0v) is 16.4. The van der Waals surface area contributed by atoms with Crippen molar-refractivity contribution in [1.82, 2.24) is 5.32 Å². The quantitative estimate of drug-likeness (QED) is 0.647. The molecule has 1 atom stereocenters. The third-order valence-electron chi connectivity index (χ3n) is 3.48. The molecule has 0 aromatic heterocycles. The number of amides is 2. The van der Waals surface area contributed by atoms with Crippen LogP contribution in [0.4, 0.5) is 36.8 Å². The number of carbonyl (C=O) groups excluding carboxylic acids is 2. The summed E-state index contributed by atoms with van der Waals surface area (Å²) in [7, 11) is 0. The van der Waals surface area contributed by atoms with Gasteiger partial charge < -0.3 is 15.4 Å². The van der Waals surface area contributed by atoms with Gasteiger partial charge in [0.15, 0.2) is 0 Å². The Morgan fingerprint density at radius 2 is 1.34 bits per heavy atom. The van der Waals surface area contributed by atoms with Crippen molar-refractivity contribution in [3.8, 4) is 0 Å². The van der Waals surface area contributed by atoms with Gasteiger partial charge in [0.05, 0.1) is 11.1 Å². The first kappa shape index (κ1) is 24.6. The van der Waals surface area contributed by atoms with Gasteiger partial charge in [-0.2, -0.15) is 26.3 Å². The molecule has 1 aromatic rings. The van der Waals surface area contributed by atoms with Gasteiger partial charge in [0.2, 0.25) is 5.91 Å². The van der Waals surface area contributed by atoms with Crippen LogP contribution in [0, 0.1) is 5.92 Å². The zero-order valence-electron chi connectivity index (χ0n) is 16.4. The van der Waals surface area contributed by atoms with E-state index < -0.39 is 58.7 Å². The summed E-state index contributed by atoms with van der Waals surface area (Å²) in [5.41, 5.74) is -4.70. The number of hydrogen-bond acceptors (Lipinski definition) is 3. The van der Waals surface area contributed by atoms with Crippen LogP contribution in [0.3, 0.4) is 0 Å². The molecule has 0 spiro atoms. The number of anilines is 1. The number of carbonyl (C=O) groups is 2. The van der Waals surface area contributed by atoms with Crippen LogP contribution in [0.5, 0.6) is 0 Å². The molecule has 0 aliphatic carbocycles. The average molecular weight is 428 g/mol. The molecule has 11 heteroatoms. The maximum Gasteiger partial charge on any atom is 0.416 e. The van der Waals surface area contributed by atoms with E-state index in [-0.39, 0.29) is 6.07 Å². The molecule has 5 nitrogen and oxygen atoms in total. The summed E-state index contributed by atoms with van der Waals surface area (Å²) in [5.74, 6) is -1.52. The van der Waals surface area contributed by atoms with Crippen molar-refractivity contribution in [3.05, 3.63) is 29.3 Å². The fraction of sp³-hybridized carbons (Fsp3) is 0.556. The van der Waals surface area contributed by atoms with Crippen molar-refractivity contribution in [1.29, 1.82) is 0 Å². The molecule has 0 aliphatic heterocycles. The van der Waals surface area contributed by atoms with Crippen molar-refractivity contribution in [2.24, 2.45) is 5.92 Å². The number of alkyl halides is 6. The van der Waals surface area contributed by atoms with E-state index >= 15 is 0 Å². The Balaban J connectivity index is 3.15. The molecule has 0 heterocycles. The molecule has 1 rings (SSSR count). The number of halogens is 6. The third kappa shape index (κ3) is 7.82. The van der Waals surface area contributed by atoms with Crippen molar-refractivity contribution < 1.29 is 40.7 Å². The second kappa shape index (κ2) is 8.50. The van der Waals surface area contributed by atoms with Gasteiger partial charge in [-0.05, 0) is 44.9 Å².